The van der Waals surface area contributed by atoms with Crippen LogP contribution in [0, 0.1) is 5.82 Å². The lowest BCUT2D eigenvalue weighted by atomic mass is 10.1. The highest BCUT2D eigenvalue weighted by molar-refractivity contribution is 5.88. The number of nitrogens with zero attached hydrogens (tertiary/aromatic N) is 4. The van der Waals surface area contributed by atoms with E-state index in [1.807, 2.05) is 0 Å². The van der Waals surface area contributed by atoms with Gasteiger partial charge in [0.2, 0.25) is 5.95 Å². The summed E-state index contributed by atoms with van der Waals surface area (Å²) < 4.78 is 20.1. The van der Waals surface area contributed by atoms with Gasteiger partial charge in [-0.1, -0.05) is 0 Å². The molecule has 1 saturated heterocycles. The zero-order valence-corrected chi connectivity index (χ0v) is 13.4. The summed E-state index contributed by atoms with van der Waals surface area (Å²) in [6.45, 7) is -0.445. The Morgan fingerprint density at radius 3 is 2.54 bits per heavy atom. The Morgan fingerprint density at radius 2 is 1.88 bits per heavy atom. The number of fused-ring (bicyclic) bond motifs is 1. The zero-order chi connectivity index (χ0) is 18.4. The molecule has 26 heavy (non-hydrogen) atoms. The maximum absolute atomic E-state index is 13.2. The van der Waals surface area contributed by atoms with Crippen LogP contribution in [0.5, 0.6) is 0 Å². The molecular formula is C16H16FN5O4. The third-order valence-electron chi connectivity index (χ3n) is 4.35. The highest BCUT2D eigenvalue weighted by Gasteiger charge is 2.44. The van der Waals surface area contributed by atoms with Crippen LogP contribution in [0.4, 0.5) is 10.3 Å². The average Bonchev–Trinajstić information content (AvgIpc) is 3.16. The third-order valence-corrected chi connectivity index (χ3v) is 4.35. The van der Waals surface area contributed by atoms with Crippen LogP contribution in [-0.4, -0.2) is 59.8 Å². The van der Waals surface area contributed by atoms with Crippen molar-refractivity contribution in [3.8, 4) is 11.3 Å². The molecule has 0 radical (unpaired) electrons. The second kappa shape index (κ2) is 6.25. The normalized spacial score (nSPS) is 25.8. The summed E-state index contributed by atoms with van der Waals surface area (Å²) in [6.07, 6.45) is -3.08. The lowest BCUT2D eigenvalue weighted by Gasteiger charge is -2.16. The Kier molecular flexibility index (Phi) is 4.04. The predicted molar refractivity (Wildman–Crippen MR) is 88.1 cm³/mol. The van der Waals surface area contributed by atoms with Crippen molar-refractivity contribution < 1.29 is 24.4 Å². The Hall–Kier alpha value is -2.66. The van der Waals surface area contributed by atoms with Crippen LogP contribution < -0.4 is 5.73 Å². The molecule has 4 atom stereocenters. The average molecular weight is 361 g/mol. The quantitative estimate of drug-likeness (QED) is 0.504. The van der Waals surface area contributed by atoms with Gasteiger partial charge in [-0.05, 0) is 24.3 Å². The van der Waals surface area contributed by atoms with Gasteiger partial charge in [0.1, 0.15) is 35.3 Å². The highest BCUT2D eigenvalue weighted by atomic mass is 19.1. The van der Waals surface area contributed by atoms with Gasteiger partial charge in [0.15, 0.2) is 11.9 Å². The first-order chi connectivity index (χ1) is 12.5. The predicted octanol–water partition coefficient (Wildman–Crippen LogP) is -0.174. The molecule has 0 saturated carbocycles. The number of aliphatic hydroxyl groups excluding tert-OH is 3. The first-order valence-corrected chi connectivity index (χ1v) is 7.88. The van der Waals surface area contributed by atoms with Gasteiger partial charge in [-0.3, -0.25) is 4.57 Å². The van der Waals surface area contributed by atoms with Gasteiger partial charge in [0.25, 0.3) is 0 Å². The smallest absolute Gasteiger partial charge is 0.222 e. The first kappa shape index (κ1) is 16.8. The molecule has 3 aromatic rings. The molecule has 10 heteroatoms. The molecule has 1 aromatic carbocycles. The molecule has 1 fully saturated rings. The van der Waals surface area contributed by atoms with Crippen LogP contribution >= 0.6 is 0 Å². The van der Waals surface area contributed by atoms with E-state index in [9.17, 15) is 19.7 Å². The van der Waals surface area contributed by atoms with Gasteiger partial charge < -0.3 is 25.8 Å². The summed E-state index contributed by atoms with van der Waals surface area (Å²) in [4.78, 5) is 12.6. The largest absolute Gasteiger partial charge is 0.394 e. The van der Waals surface area contributed by atoms with Gasteiger partial charge in [-0.2, -0.15) is 4.98 Å². The van der Waals surface area contributed by atoms with E-state index in [0.717, 1.165) is 0 Å². The van der Waals surface area contributed by atoms with Crippen molar-refractivity contribution in [2.75, 3.05) is 12.3 Å². The molecule has 0 spiro atoms. The minimum atomic E-state index is -1.28. The molecule has 4 rings (SSSR count). The van der Waals surface area contributed by atoms with E-state index >= 15 is 0 Å². The molecule has 5 N–H and O–H groups in total. The molecule has 3 heterocycles. The lowest BCUT2D eigenvalue weighted by Crippen LogP contribution is -2.33. The topological polar surface area (TPSA) is 140 Å². The fraction of sp³-hybridized carbons (Fsp3) is 0.312. The van der Waals surface area contributed by atoms with Crippen molar-refractivity contribution in [1.82, 2.24) is 19.5 Å². The Balaban J connectivity index is 1.83. The minimum absolute atomic E-state index is 0.0367. The molecule has 9 nitrogen and oxygen atoms in total. The molecule has 0 amide bonds. The van der Waals surface area contributed by atoms with Crippen LogP contribution in [0.3, 0.4) is 0 Å². The highest BCUT2D eigenvalue weighted by Crippen LogP contribution is 2.33. The van der Waals surface area contributed by atoms with E-state index in [0.29, 0.717) is 16.8 Å². The summed E-state index contributed by atoms with van der Waals surface area (Å²) in [5, 5.41) is 29.4. The number of hydrogen-bond donors (Lipinski definition) is 4. The SMILES string of the molecule is Nc1nc(-c2ccc(F)cc2)c2ncn([C@@H]3O[C@H](CO)[C@@H](O)[C@H]3O)c2n1. The first-order valence-electron chi connectivity index (χ1n) is 7.88. The summed E-state index contributed by atoms with van der Waals surface area (Å²) in [7, 11) is 0. The van der Waals surface area contributed by atoms with Crippen molar-refractivity contribution >= 4 is 17.1 Å². The third kappa shape index (κ3) is 2.59. The van der Waals surface area contributed by atoms with Gasteiger partial charge in [-0.15, -0.1) is 0 Å². The summed E-state index contributed by atoms with van der Waals surface area (Å²) in [5.41, 5.74) is 7.46. The van der Waals surface area contributed by atoms with Crippen molar-refractivity contribution in [3.63, 3.8) is 0 Å². The van der Waals surface area contributed by atoms with Crippen molar-refractivity contribution in [1.29, 1.82) is 0 Å². The van der Waals surface area contributed by atoms with Crippen molar-refractivity contribution in [2.45, 2.75) is 24.5 Å². The van der Waals surface area contributed by atoms with E-state index in [1.165, 1.54) is 23.0 Å². The molecular weight excluding hydrogens is 345 g/mol. The van der Waals surface area contributed by atoms with Gasteiger partial charge in [0, 0.05) is 5.56 Å². The number of imidazole rings is 1. The number of aliphatic hydroxyl groups is 3. The minimum Gasteiger partial charge on any atom is -0.394 e. The van der Waals surface area contributed by atoms with Gasteiger partial charge in [-0.25, -0.2) is 14.4 Å². The van der Waals surface area contributed by atoms with Gasteiger partial charge >= 0.3 is 0 Å². The number of aromatic nitrogens is 4. The number of nitrogens with two attached hydrogens (primary N) is 1. The number of ether oxygens (including phenoxy) is 1. The van der Waals surface area contributed by atoms with Gasteiger partial charge in [0.05, 0.1) is 12.9 Å². The van der Waals surface area contributed by atoms with E-state index in [1.54, 1.807) is 12.1 Å². The van der Waals surface area contributed by atoms with Crippen molar-refractivity contribution in [2.24, 2.45) is 0 Å². The zero-order valence-electron chi connectivity index (χ0n) is 13.4. The van der Waals surface area contributed by atoms with Crippen molar-refractivity contribution in [3.05, 3.63) is 36.4 Å². The van der Waals surface area contributed by atoms with E-state index < -0.39 is 31.1 Å². The molecule has 0 bridgehead atoms. The second-order valence-corrected chi connectivity index (χ2v) is 5.99. The fourth-order valence-electron chi connectivity index (χ4n) is 3.04. The fourth-order valence-corrected chi connectivity index (χ4v) is 3.04. The number of nitrogen functional groups attached to an aromatic ring is 1. The summed E-state index contributed by atoms with van der Waals surface area (Å²) in [6, 6.07) is 5.68. The second-order valence-electron chi connectivity index (χ2n) is 5.99. The van der Waals surface area contributed by atoms with E-state index in [-0.39, 0.29) is 17.4 Å². The van der Waals surface area contributed by atoms with Crippen LogP contribution in [0.15, 0.2) is 30.6 Å². The standard InChI is InChI=1S/C16H16FN5O4/c17-8-3-1-7(2-4-8)10-11-14(21-16(18)20-10)22(6-19-11)15-13(25)12(24)9(5-23)26-15/h1-4,6,9,12-13,15,23-25H,5H2,(H2,18,20,21)/t9-,12-,13-,15-/m1/s1. The molecule has 0 aliphatic carbocycles. The number of anilines is 1. The summed E-state index contributed by atoms with van der Waals surface area (Å²) >= 11 is 0. The van der Waals surface area contributed by atoms with Crippen LogP contribution in [-0.2, 0) is 4.74 Å². The Bertz CT molecular complexity index is 948. The molecule has 136 valence electrons. The molecule has 1 aliphatic rings. The number of rotatable bonds is 3. The maximum Gasteiger partial charge on any atom is 0.222 e. The van der Waals surface area contributed by atoms with Crippen LogP contribution in [0.2, 0.25) is 0 Å². The van der Waals surface area contributed by atoms with E-state index in [4.69, 9.17) is 10.5 Å². The Morgan fingerprint density at radius 1 is 1.15 bits per heavy atom. The monoisotopic (exact) mass is 361 g/mol. The molecule has 1 aliphatic heterocycles. The molecule has 2 aromatic heterocycles. The maximum atomic E-state index is 13.2. The number of hydrogen-bond acceptors (Lipinski definition) is 8. The Labute approximate surface area is 146 Å². The number of benzene rings is 1. The van der Waals surface area contributed by atoms with Crippen LogP contribution in [0.1, 0.15) is 6.23 Å². The molecule has 0 unspecified atom stereocenters. The number of halogens is 1. The lowest BCUT2D eigenvalue weighted by molar-refractivity contribution is -0.0511. The van der Waals surface area contributed by atoms with E-state index in [2.05, 4.69) is 15.0 Å². The van der Waals surface area contributed by atoms with Crippen LogP contribution in [0.25, 0.3) is 22.4 Å². The summed E-state index contributed by atoms with van der Waals surface area (Å²) in [5.74, 6) is -0.422.